The highest BCUT2D eigenvalue weighted by molar-refractivity contribution is 6.06. The van der Waals surface area contributed by atoms with Crippen LogP contribution >= 0.6 is 0 Å². The van der Waals surface area contributed by atoms with E-state index in [0.29, 0.717) is 11.4 Å². The van der Waals surface area contributed by atoms with Crippen LogP contribution in [0.1, 0.15) is 6.92 Å². The summed E-state index contributed by atoms with van der Waals surface area (Å²) < 4.78 is 0. The Morgan fingerprint density at radius 1 is 1.29 bits per heavy atom. The minimum Gasteiger partial charge on any atom is -0.326 e. The molecule has 0 heterocycles. The Morgan fingerprint density at radius 2 is 2.00 bits per heavy atom. The molecule has 0 unspecified atom stereocenters. The van der Waals surface area contributed by atoms with Gasteiger partial charge in [-0.1, -0.05) is 35.4 Å². The topological polar surface area (TPSA) is 77.9 Å². The van der Waals surface area contributed by atoms with Crippen molar-refractivity contribution in [3.63, 3.8) is 0 Å². The third kappa shape index (κ3) is 2.19. The lowest BCUT2D eigenvalue weighted by atomic mass is 10.1. The highest BCUT2D eigenvalue weighted by atomic mass is 16.1. The lowest BCUT2D eigenvalue weighted by molar-refractivity contribution is -0.114. The summed E-state index contributed by atoms with van der Waals surface area (Å²) in [6.45, 7) is 1.44. The van der Waals surface area contributed by atoms with E-state index in [-0.39, 0.29) is 5.91 Å². The van der Waals surface area contributed by atoms with E-state index in [1.165, 1.54) is 6.92 Å². The molecule has 2 aromatic carbocycles. The second-order valence-corrected chi connectivity index (χ2v) is 3.55. The maximum atomic E-state index is 11.1. The second-order valence-electron chi connectivity index (χ2n) is 3.55. The number of hydrogen-bond donors (Lipinski definition) is 1. The number of anilines is 1. The summed E-state index contributed by atoms with van der Waals surface area (Å²) in [6, 6.07) is 10.9. The highest BCUT2D eigenvalue weighted by Crippen LogP contribution is 2.32. The van der Waals surface area contributed by atoms with Crippen molar-refractivity contribution in [2.24, 2.45) is 5.11 Å². The largest absolute Gasteiger partial charge is 0.326 e. The van der Waals surface area contributed by atoms with E-state index in [9.17, 15) is 4.79 Å². The van der Waals surface area contributed by atoms with Crippen molar-refractivity contribution in [2.45, 2.75) is 6.92 Å². The molecular formula is C12H10N4O. The number of carbonyl (C=O) groups is 1. The molecule has 2 aromatic rings. The van der Waals surface area contributed by atoms with E-state index >= 15 is 0 Å². The summed E-state index contributed by atoms with van der Waals surface area (Å²) in [6.07, 6.45) is 0. The minimum absolute atomic E-state index is 0.159. The first kappa shape index (κ1) is 11.0. The molecule has 0 bridgehead atoms. The molecule has 0 aliphatic rings. The molecule has 0 fully saturated rings. The molecule has 0 spiro atoms. The number of benzene rings is 2. The minimum atomic E-state index is -0.159. The first-order valence-corrected chi connectivity index (χ1v) is 5.07. The molecule has 1 amide bonds. The van der Waals surface area contributed by atoms with Crippen molar-refractivity contribution in [3.8, 4) is 0 Å². The molecule has 5 nitrogen and oxygen atoms in total. The maximum absolute atomic E-state index is 11.1. The second kappa shape index (κ2) is 4.55. The van der Waals surface area contributed by atoms with E-state index in [2.05, 4.69) is 15.3 Å². The molecular weight excluding hydrogens is 216 g/mol. The zero-order valence-electron chi connectivity index (χ0n) is 9.21. The normalized spacial score (nSPS) is 9.71. The molecule has 0 aromatic heterocycles. The predicted octanol–water partition coefficient (Wildman–Crippen LogP) is 3.74. The van der Waals surface area contributed by atoms with E-state index in [0.717, 1.165) is 10.8 Å². The number of amides is 1. The van der Waals surface area contributed by atoms with Crippen molar-refractivity contribution >= 4 is 28.1 Å². The number of rotatable bonds is 2. The van der Waals surface area contributed by atoms with Gasteiger partial charge in [0.2, 0.25) is 5.91 Å². The van der Waals surface area contributed by atoms with E-state index in [4.69, 9.17) is 5.53 Å². The number of nitrogens with zero attached hydrogens (tertiary/aromatic N) is 3. The zero-order valence-corrected chi connectivity index (χ0v) is 9.21. The molecule has 0 atom stereocenters. The molecule has 0 radical (unpaired) electrons. The van der Waals surface area contributed by atoms with Gasteiger partial charge >= 0.3 is 0 Å². The lowest BCUT2D eigenvalue weighted by Crippen LogP contribution is -2.05. The first-order valence-electron chi connectivity index (χ1n) is 5.07. The Morgan fingerprint density at radius 3 is 2.65 bits per heavy atom. The summed E-state index contributed by atoms with van der Waals surface area (Å²) in [5.41, 5.74) is 9.68. The SMILES string of the molecule is CC(=O)Nc1cccc2cccc(N=[N+]=[N-])c12. The summed E-state index contributed by atoms with van der Waals surface area (Å²) in [5, 5.41) is 8.03. The fourth-order valence-corrected chi connectivity index (χ4v) is 1.75. The van der Waals surface area contributed by atoms with Gasteiger partial charge in [0.05, 0.1) is 0 Å². The number of carbonyl (C=O) groups excluding carboxylic acids is 1. The summed E-state index contributed by atoms with van der Waals surface area (Å²) in [4.78, 5) is 13.9. The molecule has 1 N–H and O–H groups in total. The van der Waals surface area contributed by atoms with Gasteiger partial charge in [0, 0.05) is 28.6 Å². The third-order valence-corrected chi connectivity index (χ3v) is 2.35. The fraction of sp³-hybridized carbons (Fsp3) is 0.0833. The van der Waals surface area contributed by atoms with Crippen LogP contribution in [0.3, 0.4) is 0 Å². The molecule has 0 saturated carbocycles. The van der Waals surface area contributed by atoms with E-state index in [1.54, 1.807) is 12.1 Å². The summed E-state index contributed by atoms with van der Waals surface area (Å²) >= 11 is 0. The van der Waals surface area contributed by atoms with Gasteiger partial charge < -0.3 is 5.32 Å². The molecule has 2 rings (SSSR count). The van der Waals surface area contributed by atoms with Gasteiger partial charge in [-0.2, -0.15) is 0 Å². The standard InChI is InChI=1S/C12H10N4O/c1-8(17)14-10-6-2-4-9-5-3-7-11(12(9)10)15-16-13/h2-7H,1H3,(H,14,17). The number of azide groups is 1. The van der Waals surface area contributed by atoms with Crippen molar-refractivity contribution in [1.82, 2.24) is 0 Å². The Hall–Kier alpha value is -2.52. The van der Waals surface area contributed by atoms with Gasteiger partial charge in [0.15, 0.2) is 0 Å². The van der Waals surface area contributed by atoms with Crippen LogP contribution < -0.4 is 5.32 Å². The summed E-state index contributed by atoms with van der Waals surface area (Å²) in [5.74, 6) is -0.159. The van der Waals surface area contributed by atoms with Gasteiger partial charge in [-0.05, 0) is 17.0 Å². The van der Waals surface area contributed by atoms with Gasteiger partial charge in [-0.15, -0.1) is 0 Å². The quantitative estimate of drug-likeness (QED) is 0.472. The monoisotopic (exact) mass is 226 g/mol. The van der Waals surface area contributed by atoms with Crippen LogP contribution in [0.25, 0.3) is 21.2 Å². The number of nitrogens with one attached hydrogen (secondary N) is 1. The van der Waals surface area contributed by atoms with Crippen LogP contribution in [-0.2, 0) is 4.79 Å². The van der Waals surface area contributed by atoms with Gasteiger partial charge in [0.1, 0.15) is 0 Å². The van der Waals surface area contributed by atoms with E-state index in [1.807, 2.05) is 24.3 Å². The van der Waals surface area contributed by atoms with Gasteiger partial charge in [-0.25, -0.2) is 0 Å². The molecule has 0 aliphatic carbocycles. The van der Waals surface area contributed by atoms with Crippen molar-refractivity contribution in [1.29, 1.82) is 0 Å². The van der Waals surface area contributed by atoms with Crippen LogP contribution in [-0.4, -0.2) is 5.91 Å². The van der Waals surface area contributed by atoms with Gasteiger partial charge in [-0.3, -0.25) is 4.79 Å². The molecule has 0 saturated heterocycles. The predicted molar refractivity (Wildman–Crippen MR) is 67.1 cm³/mol. The van der Waals surface area contributed by atoms with Crippen LogP contribution in [0.15, 0.2) is 41.5 Å². The fourth-order valence-electron chi connectivity index (χ4n) is 1.75. The van der Waals surface area contributed by atoms with Crippen LogP contribution in [0, 0.1) is 0 Å². The smallest absolute Gasteiger partial charge is 0.221 e. The number of fused-ring (bicyclic) bond motifs is 1. The van der Waals surface area contributed by atoms with Crippen LogP contribution in [0.5, 0.6) is 0 Å². The van der Waals surface area contributed by atoms with Crippen molar-refractivity contribution in [2.75, 3.05) is 5.32 Å². The summed E-state index contributed by atoms with van der Waals surface area (Å²) in [7, 11) is 0. The average Bonchev–Trinajstić information content (AvgIpc) is 2.29. The van der Waals surface area contributed by atoms with Crippen LogP contribution in [0.4, 0.5) is 11.4 Å². The molecule has 5 heteroatoms. The van der Waals surface area contributed by atoms with Crippen molar-refractivity contribution < 1.29 is 4.79 Å². The third-order valence-electron chi connectivity index (χ3n) is 2.35. The molecule has 0 aliphatic heterocycles. The van der Waals surface area contributed by atoms with Crippen molar-refractivity contribution in [3.05, 3.63) is 46.8 Å². The zero-order chi connectivity index (χ0) is 12.3. The molecule has 84 valence electrons. The van der Waals surface area contributed by atoms with E-state index < -0.39 is 0 Å². The van der Waals surface area contributed by atoms with Gasteiger partial charge in [0.25, 0.3) is 0 Å². The highest BCUT2D eigenvalue weighted by Gasteiger charge is 2.05. The Balaban J connectivity index is 2.75. The number of hydrogen-bond acceptors (Lipinski definition) is 2. The first-order chi connectivity index (χ1) is 8.22. The Labute approximate surface area is 97.7 Å². The lowest BCUT2D eigenvalue weighted by Gasteiger charge is -2.08. The Kier molecular flexibility index (Phi) is 2.94. The maximum Gasteiger partial charge on any atom is 0.221 e. The average molecular weight is 226 g/mol. The Bertz CT molecular complexity index is 624. The van der Waals surface area contributed by atoms with Crippen LogP contribution in [0.2, 0.25) is 0 Å². The molecule has 17 heavy (non-hydrogen) atoms.